The summed E-state index contributed by atoms with van der Waals surface area (Å²) in [4.78, 5) is 0. The lowest BCUT2D eigenvalue weighted by molar-refractivity contribution is 0.671. The zero-order valence-corrected chi connectivity index (χ0v) is 10.8. The van der Waals surface area contributed by atoms with E-state index < -0.39 is 0 Å². The third kappa shape index (κ3) is 2.54. The van der Waals surface area contributed by atoms with E-state index in [1.807, 2.05) is 30.3 Å². The molecule has 0 saturated carbocycles. The molecule has 18 heavy (non-hydrogen) atoms. The van der Waals surface area contributed by atoms with E-state index in [2.05, 4.69) is 20.8 Å². The minimum Gasteiger partial charge on any atom is -0.313 e. The first-order chi connectivity index (χ1) is 8.93. The molecule has 1 aromatic heterocycles. The van der Waals surface area contributed by atoms with Crippen molar-refractivity contribution >= 4 is 11.8 Å². The third-order valence-corrected chi connectivity index (χ3v) is 4.10. The topological polar surface area (TPSA) is 55.6 Å². The second-order valence-electron chi connectivity index (χ2n) is 4.31. The van der Waals surface area contributed by atoms with Gasteiger partial charge in [0.1, 0.15) is 0 Å². The zero-order valence-electron chi connectivity index (χ0n) is 9.99. The summed E-state index contributed by atoms with van der Waals surface area (Å²) < 4.78 is 1.79. The normalized spacial score (nSPS) is 19.2. The summed E-state index contributed by atoms with van der Waals surface area (Å²) in [5, 5.41) is 16.2. The SMILES string of the molecule is c1ccc(-n2nnnc2SC[C@@H]2CCCN2)cc1. The molecule has 1 aliphatic heterocycles. The Morgan fingerprint density at radius 1 is 1.33 bits per heavy atom. The number of aromatic nitrogens is 4. The quantitative estimate of drug-likeness (QED) is 0.845. The molecule has 0 unspecified atom stereocenters. The highest BCUT2D eigenvalue weighted by atomic mass is 32.2. The van der Waals surface area contributed by atoms with Gasteiger partial charge in [-0.2, -0.15) is 4.68 Å². The van der Waals surface area contributed by atoms with Gasteiger partial charge in [0.25, 0.3) is 0 Å². The Kier molecular flexibility index (Phi) is 3.56. The van der Waals surface area contributed by atoms with Crippen LogP contribution in [0.1, 0.15) is 12.8 Å². The number of tetrazole rings is 1. The van der Waals surface area contributed by atoms with Crippen LogP contribution in [0.25, 0.3) is 5.69 Å². The number of nitrogens with zero attached hydrogens (tertiary/aromatic N) is 4. The summed E-state index contributed by atoms with van der Waals surface area (Å²) in [6.07, 6.45) is 2.52. The van der Waals surface area contributed by atoms with Crippen molar-refractivity contribution in [1.82, 2.24) is 25.5 Å². The fourth-order valence-corrected chi connectivity index (χ4v) is 3.07. The van der Waals surface area contributed by atoms with E-state index in [1.165, 1.54) is 12.8 Å². The molecule has 1 aromatic carbocycles. The largest absolute Gasteiger partial charge is 0.313 e. The molecule has 3 rings (SSSR count). The first-order valence-corrected chi connectivity index (χ1v) is 7.12. The lowest BCUT2D eigenvalue weighted by atomic mass is 10.3. The summed E-state index contributed by atoms with van der Waals surface area (Å²) in [5.41, 5.74) is 1.00. The highest BCUT2D eigenvalue weighted by Gasteiger charge is 2.16. The van der Waals surface area contributed by atoms with Crippen molar-refractivity contribution in [1.29, 1.82) is 0 Å². The van der Waals surface area contributed by atoms with Gasteiger partial charge in [-0.15, -0.1) is 5.10 Å². The predicted octanol–water partition coefficient (Wildman–Crippen LogP) is 1.51. The molecule has 2 aromatic rings. The molecule has 0 radical (unpaired) electrons. The number of benzene rings is 1. The van der Waals surface area contributed by atoms with E-state index in [1.54, 1.807) is 16.4 Å². The van der Waals surface area contributed by atoms with Crippen molar-refractivity contribution in [2.75, 3.05) is 12.3 Å². The van der Waals surface area contributed by atoms with Crippen LogP contribution in [0, 0.1) is 0 Å². The summed E-state index contributed by atoms with van der Waals surface area (Å²) in [5.74, 6) is 1.02. The highest BCUT2D eigenvalue weighted by Crippen LogP contribution is 2.20. The maximum atomic E-state index is 4.09. The van der Waals surface area contributed by atoms with E-state index in [0.29, 0.717) is 6.04 Å². The average molecular weight is 261 g/mol. The molecule has 1 aliphatic rings. The number of hydrogen-bond acceptors (Lipinski definition) is 5. The Morgan fingerprint density at radius 2 is 2.22 bits per heavy atom. The maximum absolute atomic E-state index is 4.09. The number of para-hydroxylation sites is 1. The maximum Gasteiger partial charge on any atom is 0.214 e. The van der Waals surface area contributed by atoms with Gasteiger partial charge in [0.2, 0.25) is 5.16 Å². The molecule has 94 valence electrons. The summed E-state index contributed by atoms with van der Waals surface area (Å²) in [7, 11) is 0. The first kappa shape index (κ1) is 11.7. The van der Waals surface area contributed by atoms with Crippen LogP contribution in [0.4, 0.5) is 0 Å². The standard InChI is InChI=1S/C12H15N5S/c1-2-6-11(7-3-1)17-12(14-15-16-17)18-9-10-5-4-8-13-10/h1-3,6-7,10,13H,4-5,8-9H2/t10-/m0/s1. The van der Waals surface area contributed by atoms with Gasteiger partial charge in [-0.3, -0.25) is 0 Å². The lowest BCUT2D eigenvalue weighted by Crippen LogP contribution is -2.23. The van der Waals surface area contributed by atoms with E-state index >= 15 is 0 Å². The van der Waals surface area contributed by atoms with E-state index in [4.69, 9.17) is 0 Å². The van der Waals surface area contributed by atoms with Gasteiger partial charge in [-0.1, -0.05) is 30.0 Å². The molecular formula is C12H15N5S. The molecule has 0 spiro atoms. The van der Waals surface area contributed by atoms with Crippen LogP contribution in [-0.2, 0) is 0 Å². The van der Waals surface area contributed by atoms with Gasteiger partial charge in [-0.05, 0) is 41.9 Å². The molecule has 0 amide bonds. The third-order valence-electron chi connectivity index (χ3n) is 3.02. The predicted molar refractivity (Wildman–Crippen MR) is 70.9 cm³/mol. The first-order valence-electron chi connectivity index (χ1n) is 6.13. The van der Waals surface area contributed by atoms with Crippen molar-refractivity contribution in [2.24, 2.45) is 0 Å². The number of hydrogen-bond donors (Lipinski definition) is 1. The second kappa shape index (κ2) is 5.49. The van der Waals surface area contributed by atoms with Gasteiger partial charge < -0.3 is 5.32 Å². The molecule has 0 bridgehead atoms. The molecule has 1 N–H and O–H groups in total. The van der Waals surface area contributed by atoms with Gasteiger partial charge >= 0.3 is 0 Å². The van der Waals surface area contributed by atoms with Crippen LogP contribution in [0.5, 0.6) is 0 Å². The number of nitrogens with one attached hydrogen (secondary N) is 1. The average Bonchev–Trinajstić information content (AvgIpc) is 3.09. The fraction of sp³-hybridized carbons (Fsp3) is 0.417. The fourth-order valence-electron chi connectivity index (χ4n) is 2.07. The monoisotopic (exact) mass is 261 g/mol. The minimum atomic E-state index is 0.593. The Balaban J connectivity index is 1.71. The van der Waals surface area contributed by atoms with Crippen molar-refractivity contribution in [3.8, 4) is 5.69 Å². The summed E-state index contributed by atoms with van der Waals surface area (Å²) in [6, 6.07) is 10.6. The van der Waals surface area contributed by atoms with Crippen LogP contribution in [0.15, 0.2) is 35.5 Å². The zero-order chi connectivity index (χ0) is 12.2. The van der Waals surface area contributed by atoms with Crippen molar-refractivity contribution in [2.45, 2.75) is 24.0 Å². The van der Waals surface area contributed by atoms with Crippen LogP contribution in [0.2, 0.25) is 0 Å². The lowest BCUT2D eigenvalue weighted by Gasteiger charge is -2.08. The second-order valence-corrected chi connectivity index (χ2v) is 5.30. The van der Waals surface area contributed by atoms with Crippen molar-refractivity contribution < 1.29 is 0 Å². The molecule has 5 nitrogen and oxygen atoms in total. The number of rotatable bonds is 4. The summed E-state index contributed by atoms with van der Waals surface area (Å²) >= 11 is 1.71. The molecule has 1 fully saturated rings. The van der Waals surface area contributed by atoms with E-state index in [9.17, 15) is 0 Å². The van der Waals surface area contributed by atoms with Crippen LogP contribution in [0.3, 0.4) is 0 Å². The van der Waals surface area contributed by atoms with E-state index in [0.717, 1.165) is 23.1 Å². The molecule has 1 saturated heterocycles. The highest BCUT2D eigenvalue weighted by molar-refractivity contribution is 7.99. The van der Waals surface area contributed by atoms with Crippen LogP contribution >= 0.6 is 11.8 Å². The van der Waals surface area contributed by atoms with Crippen LogP contribution in [-0.4, -0.2) is 38.5 Å². The van der Waals surface area contributed by atoms with Crippen molar-refractivity contribution in [3.63, 3.8) is 0 Å². The molecule has 1 atom stereocenters. The van der Waals surface area contributed by atoms with Crippen LogP contribution < -0.4 is 5.32 Å². The molecular weight excluding hydrogens is 246 g/mol. The number of thioether (sulfide) groups is 1. The Hall–Kier alpha value is -1.40. The van der Waals surface area contributed by atoms with E-state index in [-0.39, 0.29) is 0 Å². The summed E-state index contributed by atoms with van der Waals surface area (Å²) in [6.45, 7) is 1.13. The Morgan fingerprint density at radius 3 is 3.00 bits per heavy atom. The Labute approximate surface area is 110 Å². The van der Waals surface area contributed by atoms with Gasteiger partial charge in [0, 0.05) is 11.8 Å². The van der Waals surface area contributed by atoms with Crippen molar-refractivity contribution in [3.05, 3.63) is 30.3 Å². The minimum absolute atomic E-state index is 0.593. The molecule has 2 heterocycles. The van der Waals surface area contributed by atoms with Gasteiger partial charge in [0.15, 0.2) is 0 Å². The van der Waals surface area contributed by atoms with Gasteiger partial charge in [0.05, 0.1) is 5.69 Å². The Bertz CT molecular complexity index is 492. The molecule has 6 heteroatoms. The van der Waals surface area contributed by atoms with Gasteiger partial charge in [-0.25, -0.2) is 0 Å². The smallest absolute Gasteiger partial charge is 0.214 e. The molecule has 0 aliphatic carbocycles.